The summed E-state index contributed by atoms with van der Waals surface area (Å²) in [5.74, 6) is 0. The molecule has 0 spiro atoms. The van der Waals surface area contributed by atoms with E-state index in [4.69, 9.17) is 4.74 Å². The molecule has 3 rings (SSSR count). The van der Waals surface area contributed by atoms with Gasteiger partial charge in [0.2, 0.25) is 0 Å². The number of rotatable bonds is 5. The van der Waals surface area contributed by atoms with Crippen LogP contribution in [0.5, 0.6) is 0 Å². The maximum atomic E-state index is 5.20. The average Bonchev–Trinajstić information content (AvgIpc) is 2.53. The van der Waals surface area contributed by atoms with Gasteiger partial charge in [-0.25, -0.2) is 0 Å². The van der Waals surface area contributed by atoms with E-state index in [0.717, 1.165) is 6.42 Å². The van der Waals surface area contributed by atoms with Gasteiger partial charge in [-0.2, -0.15) is 0 Å². The number of ether oxygens (including phenoxy) is 1. The predicted molar refractivity (Wildman–Crippen MR) is 87.6 cm³/mol. The Labute approximate surface area is 127 Å². The highest BCUT2D eigenvalue weighted by Gasteiger charge is 2.16. The van der Waals surface area contributed by atoms with Gasteiger partial charge in [0.15, 0.2) is 0 Å². The molecule has 0 radical (unpaired) electrons. The maximum Gasteiger partial charge on any atom is 0.0713 e. The highest BCUT2D eigenvalue weighted by molar-refractivity contribution is 5.53. The van der Waals surface area contributed by atoms with E-state index in [-0.39, 0.29) is 0 Å². The summed E-state index contributed by atoms with van der Waals surface area (Å²) in [4.78, 5) is 0. The van der Waals surface area contributed by atoms with Crippen molar-refractivity contribution in [3.63, 3.8) is 0 Å². The zero-order chi connectivity index (χ0) is 14.5. The fraction of sp³-hybridized carbons (Fsp3) is 0.368. The van der Waals surface area contributed by atoms with Crippen LogP contribution in [0.15, 0.2) is 48.5 Å². The monoisotopic (exact) mass is 281 g/mol. The van der Waals surface area contributed by atoms with Crippen molar-refractivity contribution in [2.75, 3.05) is 12.4 Å². The van der Waals surface area contributed by atoms with Gasteiger partial charge in [0.25, 0.3) is 0 Å². The Kier molecular flexibility index (Phi) is 4.56. The molecule has 1 N–H and O–H groups in total. The second-order valence-corrected chi connectivity index (χ2v) is 5.83. The molecule has 0 aromatic heterocycles. The van der Waals surface area contributed by atoms with E-state index in [1.165, 1.54) is 41.6 Å². The van der Waals surface area contributed by atoms with Crippen molar-refractivity contribution in [2.45, 2.75) is 38.3 Å². The third kappa shape index (κ3) is 3.64. The lowest BCUT2D eigenvalue weighted by molar-refractivity contribution is 0.185. The van der Waals surface area contributed by atoms with Crippen molar-refractivity contribution < 1.29 is 4.74 Å². The summed E-state index contributed by atoms with van der Waals surface area (Å²) in [6.07, 6.45) is 4.73. The first-order chi connectivity index (χ1) is 10.3. The summed E-state index contributed by atoms with van der Waals surface area (Å²) in [6, 6.07) is 18.0. The van der Waals surface area contributed by atoms with Gasteiger partial charge in [-0.05, 0) is 48.4 Å². The van der Waals surface area contributed by atoms with Gasteiger partial charge >= 0.3 is 0 Å². The van der Waals surface area contributed by atoms with Crippen LogP contribution in [-0.2, 0) is 24.2 Å². The quantitative estimate of drug-likeness (QED) is 0.887. The maximum absolute atomic E-state index is 5.20. The van der Waals surface area contributed by atoms with Crippen LogP contribution >= 0.6 is 0 Å². The molecule has 0 aliphatic carbocycles. The molecule has 2 nitrogen and oxygen atoms in total. The lowest BCUT2D eigenvalue weighted by Crippen LogP contribution is -2.25. The van der Waals surface area contributed by atoms with Crippen molar-refractivity contribution in [1.29, 1.82) is 0 Å². The van der Waals surface area contributed by atoms with E-state index >= 15 is 0 Å². The second-order valence-electron chi connectivity index (χ2n) is 5.83. The first-order valence-corrected chi connectivity index (χ1v) is 7.76. The normalized spacial score (nSPS) is 17.1. The lowest BCUT2D eigenvalue weighted by Gasteiger charge is -2.27. The Balaban J connectivity index is 1.58. The van der Waals surface area contributed by atoms with E-state index in [0.29, 0.717) is 12.6 Å². The molecule has 0 amide bonds. The summed E-state index contributed by atoms with van der Waals surface area (Å²) in [5, 5.41) is 3.68. The van der Waals surface area contributed by atoms with Crippen LogP contribution in [0.2, 0.25) is 0 Å². The van der Waals surface area contributed by atoms with Crippen molar-refractivity contribution >= 4 is 5.69 Å². The van der Waals surface area contributed by atoms with Gasteiger partial charge in [-0.1, -0.05) is 42.5 Å². The summed E-state index contributed by atoms with van der Waals surface area (Å²) in [7, 11) is 1.75. The number of methoxy groups -OCH3 is 1. The largest absolute Gasteiger partial charge is 0.382 e. The van der Waals surface area contributed by atoms with E-state index in [9.17, 15) is 0 Å². The second kappa shape index (κ2) is 6.77. The molecule has 0 saturated carbocycles. The number of para-hydroxylation sites is 1. The number of benzene rings is 2. The Morgan fingerprint density at radius 1 is 1.10 bits per heavy atom. The van der Waals surface area contributed by atoms with Crippen molar-refractivity contribution in [2.24, 2.45) is 0 Å². The fourth-order valence-corrected chi connectivity index (χ4v) is 3.10. The minimum absolute atomic E-state index is 0.589. The Hall–Kier alpha value is -1.80. The van der Waals surface area contributed by atoms with Crippen molar-refractivity contribution in [1.82, 2.24) is 0 Å². The number of hydrogen-bond acceptors (Lipinski definition) is 2. The van der Waals surface area contributed by atoms with Crippen LogP contribution in [-0.4, -0.2) is 13.2 Å². The van der Waals surface area contributed by atoms with Gasteiger partial charge in [0.1, 0.15) is 0 Å². The van der Waals surface area contributed by atoms with Gasteiger partial charge < -0.3 is 10.1 Å². The van der Waals surface area contributed by atoms with Crippen molar-refractivity contribution in [3.05, 3.63) is 65.2 Å². The first-order valence-electron chi connectivity index (χ1n) is 7.76. The van der Waals surface area contributed by atoms with Crippen LogP contribution in [0.1, 0.15) is 29.5 Å². The van der Waals surface area contributed by atoms with E-state index < -0.39 is 0 Å². The number of hydrogen-bond donors (Lipinski definition) is 1. The van der Waals surface area contributed by atoms with Crippen LogP contribution in [0.4, 0.5) is 5.69 Å². The molecule has 0 saturated heterocycles. The third-order valence-electron chi connectivity index (χ3n) is 4.22. The minimum atomic E-state index is 0.589. The highest BCUT2D eigenvalue weighted by Crippen LogP contribution is 2.26. The molecule has 110 valence electrons. The molecule has 1 atom stereocenters. The zero-order valence-corrected chi connectivity index (χ0v) is 12.6. The fourth-order valence-electron chi connectivity index (χ4n) is 3.10. The molecule has 2 aromatic carbocycles. The summed E-state index contributed by atoms with van der Waals surface area (Å²) < 4.78 is 5.20. The summed E-state index contributed by atoms with van der Waals surface area (Å²) >= 11 is 0. The molecule has 1 aliphatic rings. The smallest absolute Gasteiger partial charge is 0.0713 e. The molecular formula is C19H23NO. The molecule has 0 bridgehead atoms. The average molecular weight is 281 g/mol. The predicted octanol–water partition coefficient (Wildman–Crippen LogP) is 4.19. The molecule has 1 heterocycles. The summed E-state index contributed by atoms with van der Waals surface area (Å²) in [5.41, 5.74) is 5.44. The molecule has 2 heteroatoms. The number of anilines is 1. The third-order valence-corrected chi connectivity index (χ3v) is 4.22. The number of aryl methyl sites for hydroxylation is 2. The van der Waals surface area contributed by atoms with Crippen LogP contribution < -0.4 is 5.32 Å². The SMILES string of the molecule is COCc1cccc(CCC2CCc3ccccc3N2)c1. The minimum Gasteiger partial charge on any atom is -0.382 e. The Morgan fingerprint density at radius 2 is 1.95 bits per heavy atom. The Bertz CT molecular complexity index is 594. The molecule has 1 aliphatic heterocycles. The molecular weight excluding hydrogens is 258 g/mol. The van der Waals surface area contributed by atoms with Gasteiger partial charge in [-0.3, -0.25) is 0 Å². The molecule has 2 aromatic rings. The van der Waals surface area contributed by atoms with E-state index in [2.05, 4.69) is 53.8 Å². The standard InChI is InChI=1S/C19H23NO/c1-21-14-16-6-4-5-15(13-16)9-11-18-12-10-17-7-2-3-8-19(17)20-18/h2-8,13,18,20H,9-12,14H2,1H3. The van der Waals surface area contributed by atoms with Crippen LogP contribution in [0.25, 0.3) is 0 Å². The van der Waals surface area contributed by atoms with E-state index in [1.54, 1.807) is 7.11 Å². The number of fused-ring (bicyclic) bond motifs is 1. The van der Waals surface area contributed by atoms with Crippen LogP contribution in [0, 0.1) is 0 Å². The molecule has 21 heavy (non-hydrogen) atoms. The lowest BCUT2D eigenvalue weighted by atomic mass is 9.94. The zero-order valence-electron chi connectivity index (χ0n) is 12.6. The van der Waals surface area contributed by atoms with Gasteiger partial charge in [0.05, 0.1) is 6.61 Å². The first kappa shape index (κ1) is 14.2. The van der Waals surface area contributed by atoms with E-state index in [1.807, 2.05) is 0 Å². The van der Waals surface area contributed by atoms with Crippen molar-refractivity contribution in [3.8, 4) is 0 Å². The summed E-state index contributed by atoms with van der Waals surface area (Å²) in [6.45, 7) is 0.697. The van der Waals surface area contributed by atoms with Crippen LogP contribution in [0.3, 0.4) is 0 Å². The molecule has 1 unspecified atom stereocenters. The van der Waals surface area contributed by atoms with Gasteiger partial charge in [0, 0.05) is 18.8 Å². The van der Waals surface area contributed by atoms with Gasteiger partial charge in [-0.15, -0.1) is 0 Å². The highest BCUT2D eigenvalue weighted by atomic mass is 16.5. The number of nitrogens with one attached hydrogen (secondary N) is 1. The topological polar surface area (TPSA) is 21.3 Å². The Morgan fingerprint density at radius 3 is 2.86 bits per heavy atom. The molecule has 0 fully saturated rings.